The second-order valence-corrected chi connectivity index (χ2v) is 7.91. The summed E-state index contributed by atoms with van der Waals surface area (Å²) >= 11 is 0. The summed E-state index contributed by atoms with van der Waals surface area (Å²) < 4.78 is 33.5. The highest BCUT2D eigenvalue weighted by Gasteiger charge is 2.32. The van der Waals surface area contributed by atoms with Crippen LogP contribution in [0.25, 0.3) is 0 Å². The number of rotatable bonds is 8. The Bertz CT molecular complexity index is 332. The fourth-order valence-electron chi connectivity index (χ4n) is 2.22. The lowest BCUT2D eigenvalue weighted by Crippen LogP contribution is -2.33. The molecule has 4 nitrogen and oxygen atoms in total. The largest absolute Gasteiger partial charge is 0.381 e. The average Bonchev–Trinajstić information content (AvgIpc) is 2.79. The Morgan fingerprint density at radius 1 is 1.39 bits per heavy atom. The topological polar surface area (TPSA) is 52.6 Å². The third kappa shape index (κ3) is 5.43. The van der Waals surface area contributed by atoms with Crippen molar-refractivity contribution in [2.75, 3.05) is 32.2 Å². The SMILES string of the molecule is CCC(CC)(COCC1CCOC1)CS(=O)(=O)Cl. The molecular weight excluding hydrogens is 276 g/mol. The van der Waals surface area contributed by atoms with Crippen molar-refractivity contribution in [1.82, 2.24) is 0 Å². The Labute approximate surface area is 114 Å². The molecule has 0 aromatic heterocycles. The molecule has 1 unspecified atom stereocenters. The molecule has 0 aromatic carbocycles. The van der Waals surface area contributed by atoms with E-state index in [2.05, 4.69) is 0 Å². The molecule has 0 saturated carbocycles. The van der Waals surface area contributed by atoms with Crippen LogP contribution in [0.3, 0.4) is 0 Å². The summed E-state index contributed by atoms with van der Waals surface area (Å²) in [5.74, 6) is 0.430. The molecule has 0 bridgehead atoms. The Kier molecular flexibility index (Phi) is 6.38. The maximum atomic E-state index is 11.3. The molecule has 1 aliphatic heterocycles. The predicted molar refractivity (Wildman–Crippen MR) is 72.4 cm³/mol. The molecule has 108 valence electrons. The summed E-state index contributed by atoms with van der Waals surface area (Å²) in [5.41, 5.74) is -0.361. The average molecular weight is 299 g/mol. The van der Waals surface area contributed by atoms with Gasteiger partial charge in [0, 0.05) is 28.6 Å². The van der Waals surface area contributed by atoms with Gasteiger partial charge in [-0.1, -0.05) is 13.8 Å². The summed E-state index contributed by atoms with van der Waals surface area (Å²) in [5, 5.41) is 0. The fourth-order valence-corrected chi connectivity index (χ4v) is 4.14. The van der Waals surface area contributed by atoms with Crippen molar-refractivity contribution in [3.05, 3.63) is 0 Å². The van der Waals surface area contributed by atoms with E-state index in [0.29, 0.717) is 19.1 Å². The molecule has 1 heterocycles. The van der Waals surface area contributed by atoms with Gasteiger partial charge in [0.15, 0.2) is 0 Å². The predicted octanol–water partition coefficient (Wildman–Crippen LogP) is 2.41. The molecule has 0 radical (unpaired) electrons. The highest BCUT2D eigenvalue weighted by molar-refractivity contribution is 8.13. The van der Waals surface area contributed by atoms with Gasteiger partial charge in [-0.25, -0.2) is 8.42 Å². The lowest BCUT2D eigenvalue weighted by molar-refractivity contribution is 0.0277. The maximum absolute atomic E-state index is 11.3. The van der Waals surface area contributed by atoms with Gasteiger partial charge in [-0.05, 0) is 19.3 Å². The van der Waals surface area contributed by atoms with E-state index in [1.807, 2.05) is 13.8 Å². The van der Waals surface area contributed by atoms with Crippen LogP contribution in [0.4, 0.5) is 0 Å². The summed E-state index contributed by atoms with van der Waals surface area (Å²) in [7, 11) is 1.89. The third-order valence-electron chi connectivity index (χ3n) is 3.76. The van der Waals surface area contributed by atoms with Gasteiger partial charge in [0.25, 0.3) is 0 Å². The van der Waals surface area contributed by atoms with Gasteiger partial charge in [0.2, 0.25) is 9.05 Å². The Balaban J connectivity index is 2.45. The van der Waals surface area contributed by atoms with Crippen LogP contribution < -0.4 is 0 Å². The van der Waals surface area contributed by atoms with Crippen molar-refractivity contribution in [2.24, 2.45) is 11.3 Å². The maximum Gasteiger partial charge on any atom is 0.233 e. The van der Waals surface area contributed by atoms with E-state index in [-0.39, 0.29) is 11.2 Å². The van der Waals surface area contributed by atoms with Crippen LogP contribution in [0.2, 0.25) is 0 Å². The van der Waals surface area contributed by atoms with Gasteiger partial charge in [-0.15, -0.1) is 0 Å². The van der Waals surface area contributed by atoms with Gasteiger partial charge in [0.05, 0.1) is 25.6 Å². The zero-order valence-electron chi connectivity index (χ0n) is 11.2. The minimum absolute atomic E-state index is 0.0181. The van der Waals surface area contributed by atoms with Gasteiger partial charge >= 0.3 is 0 Å². The van der Waals surface area contributed by atoms with Crippen LogP contribution in [0.1, 0.15) is 33.1 Å². The van der Waals surface area contributed by atoms with Crippen molar-refractivity contribution < 1.29 is 17.9 Å². The smallest absolute Gasteiger partial charge is 0.233 e. The lowest BCUT2D eigenvalue weighted by Gasteiger charge is -2.30. The fraction of sp³-hybridized carbons (Fsp3) is 1.00. The molecule has 1 fully saturated rings. The Morgan fingerprint density at radius 2 is 2.06 bits per heavy atom. The number of hydrogen-bond acceptors (Lipinski definition) is 4. The summed E-state index contributed by atoms with van der Waals surface area (Å²) in [6, 6.07) is 0. The zero-order valence-corrected chi connectivity index (χ0v) is 12.7. The van der Waals surface area contributed by atoms with Gasteiger partial charge in [-0.3, -0.25) is 0 Å². The van der Waals surface area contributed by atoms with Gasteiger partial charge < -0.3 is 9.47 Å². The van der Waals surface area contributed by atoms with E-state index < -0.39 is 9.05 Å². The first-order chi connectivity index (χ1) is 8.41. The van der Waals surface area contributed by atoms with E-state index in [4.69, 9.17) is 20.2 Å². The molecule has 0 N–H and O–H groups in total. The first kappa shape index (κ1) is 16.2. The molecule has 0 spiro atoms. The van der Waals surface area contributed by atoms with Crippen molar-refractivity contribution in [3.63, 3.8) is 0 Å². The molecule has 0 aliphatic carbocycles. The molecule has 1 rings (SSSR count). The second kappa shape index (κ2) is 7.08. The molecule has 1 aliphatic rings. The first-order valence-corrected chi connectivity index (χ1v) is 8.96. The van der Waals surface area contributed by atoms with Crippen molar-refractivity contribution in [3.8, 4) is 0 Å². The van der Waals surface area contributed by atoms with E-state index in [1.165, 1.54) is 0 Å². The van der Waals surface area contributed by atoms with Crippen LogP contribution in [0, 0.1) is 11.3 Å². The monoisotopic (exact) mass is 298 g/mol. The number of hydrogen-bond donors (Lipinski definition) is 0. The van der Waals surface area contributed by atoms with Crippen LogP contribution in [0.15, 0.2) is 0 Å². The normalized spacial score (nSPS) is 21.4. The molecule has 18 heavy (non-hydrogen) atoms. The quantitative estimate of drug-likeness (QED) is 0.646. The highest BCUT2D eigenvalue weighted by Crippen LogP contribution is 2.30. The first-order valence-electron chi connectivity index (χ1n) is 6.48. The van der Waals surface area contributed by atoms with Crippen LogP contribution in [0.5, 0.6) is 0 Å². The molecule has 1 saturated heterocycles. The van der Waals surface area contributed by atoms with E-state index in [1.54, 1.807) is 0 Å². The van der Waals surface area contributed by atoms with Crippen LogP contribution >= 0.6 is 10.7 Å². The minimum atomic E-state index is -3.49. The molecule has 1 atom stereocenters. The van der Waals surface area contributed by atoms with Crippen LogP contribution in [-0.2, 0) is 18.5 Å². The Morgan fingerprint density at radius 3 is 2.50 bits per heavy atom. The highest BCUT2D eigenvalue weighted by atomic mass is 35.7. The lowest BCUT2D eigenvalue weighted by atomic mass is 9.85. The number of halogens is 1. The molecular formula is C12H23ClO4S. The zero-order chi connectivity index (χ0) is 13.6. The molecule has 6 heteroatoms. The van der Waals surface area contributed by atoms with E-state index >= 15 is 0 Å². The minimum Gasteiger partial charge on any atom is -0.381 e. The van der Waals surface area contributed by atoms with Gasteiger partial charge in [0.1, 0.15) is 0 Å². The summed E-state index contributed by atoms with van der Waals surface area (Å²) in [6.45, 7) is 6.60. The van der Waals surface area contributed by atoms with Crippen molar-refractivity contribution in [1.29, 1.82) is 0 Å². The molecule has 0 aromatic rings. The van der Waals surface area contributed by atoms with Gasteiger partial charge in [-0.2, -0.15) is 0 Å². The van der Waals surface area contributed by atoms with Crippen molar-refractivity contribution in [2.45, 2.75) is 33.1 Å². The second-order valence-electron chi connectivity index (χ2n) is 5.14. The summed E-state index contributed by atoms with van der Waals surface area (Å²) in [4.78, 5) is 0. The van der Waals surface area contributed by atoms with Crippen LogP contribution in [-0.4, -0.2) is 40.6 Å². The van der Waals surface area contributed by atoms with E-state index in [0.717, 1.165) is 32.5 Å². The molecule has 0 amide bonds. The third-order valence-corrected chi connectivity index (χ3v) is 5.05. The standard InChI is InChI=1S/C12H23ClO4S/c1-3-12(4-2,10-18(13,14)15)9-17-8-11-5-6-16-7-11/h11H,3-10H2,1-2H3. The Hall–Kier alpha value is 0.160. The summed E-state index contributed by atoms with van der Waals surface area (Å²) in [6.07, 6.45) is 2.52. The van der Waals surface area contributed by atoms with E-state index in [9.17, 15) is 8.42 Å². The van der Waals surface area contributed by atoms with Crippen molar-refractivity contribution >= 4 is 19.7 Å². The number of ether oxygens (including phenoxy) is 2.